The summed E-state index contributed by atoms with van der Waals surface area (Å²) in [5.74, 6) is 0.685. The van der Waals surface area contributed by atoms with Crippen LogP contribution in [-0.2, 0) is 5.75 Å². The SMILES string of the molecule is CN(C)c1nnc(SCc2nnsc2N)s1. The molecule has 86 valence electrons. The molecule has 0 aliphatic heterocycles. The fourth-order valence-electron chi connectivity index (χ4n) is 0.887. The number of nitrogens with two attached hydrogens (primary N) is 1. The van der Waals surface area contributed by atoms with E-state index in [2.05, 4.69) is 19.8 Å². The first-order valence-corrected chi connectivity index (χ1v) is 6.94. The number of rotatable bonds is 4. The number of anilines is 2. The largest absolute Gasteiger partial charge is 0.388 e. The molecule has 0 spiro atoms. The quantitative estimate of drug-likeness (QED) is 0.842. The fourth-order valence-corrected chi connectivity index (χ4v) is 3.13. The summed E-state index contributed by atoms with van der Waals surface area (Å²) >= 11 is 4.33. The van der Waals surface area contributed by atoms with Crippen LogP contribution >= 0.6 is 34.6 Å². The van der Waals surface area contributed by atoms with Crippen molar-refractivity contribution in [3.63, 3.8) is 0 Å². The van der Waals surface area contributed by atoms with Gasteiger partial charge in [0, 0.05) is 31.4 Å². The normalized spacial score (nSPS) is 10.6. The Kier molecular flexibility index (Phi) is 3.56. The van der Waals surface area contributed by atoms with Gasteiger partial charge in [-0.15, -0.1) is 15.3 Å². The standard InChI is InChI=1S/C7H10N6S3/c1-13(2)6-10-11-7(15-6)14-3-4-5(8)16-12-9-4/h3,8H2,1-2H3. The molecule has 0 aliphatic rings. The number of nitrogen functional groups attached to an aromatic ring is 1. The van der Waals surface area contributed by atoms with Crippen molar-refractivity contribution in [3.8, 4) is 0 Å². The van der Waals surface area contributed by atoms with Crippen LogP contribution in [0.4, 0.5) is 10.1 Å². The molecule has 0 fully saturated rings. The Morgan fingerprint density at radius 2 is 2.12 bits per heavy atom. The second-order valence-corrected chi connectivity index (χ2v) is 6.08. The number of nitrogens with zero attached hydrogens (tertiary/aromatic N) is 5. The second kappa shape index (κ2) is 4.93. The Morgan fingerprint density at radius 3 is 2.69 bits per heavy atom. The molecule has 0 radical (unpaired) electrons. The third-order valence-electron chi connectivity index (χ3n) is 1.70. The third kappa shape index (κ3) is 2.60. The fraction of sp³-hybridized carbons (Fsp3) is 0.429. The molecule has 0 saturated heterocycles. The van der Waals surface area contributed by atoms with Gasteiger partial charge in [-0.1, -0.05) is 27.6 Å². The van der Waals surface area contributed by atoms with Crippen LogP contribution in [0.3, 0.4) is 0 Å². The zero-order chi connectivity index (χ0) is 11.5. The molecule has 0 amide bonds. The second-order valence-electron chi connectivity index (χ2n) is 3.12. The van der Waals surface area contributed by atoms with Gasteiger partial charge in [-0.3, -0.25) is 0 Å². The van der Waals surface area contributed by atoms with Gasteiger partial charge in [-0.05, 0) is 0 Å². The van der Waals surface area contributed by atoms with Crippen molar-refractivity contribution in [3.05, 3.63) is 5.69 Å². The molecule has 16 heavy (non-hydrogen) atoms. The van der Waals surface area contributed by atoms with Crippen molar-refractivity contribution in [2.24, 2.45) is 0 Å². The molecule has 2 aromatic rings. The first-order chi connectivity index (χ1) is 7.66. The molecule has 2 heterocycles. The van der Waals surface area contributed by atoms with Crippen molar-refractivity contribution < 1.29 is 0 Å². The van der Waals surface area contributed by atoms with E-state index in [1.807, 2.05) is 19.0 Å². The van der Waals surface area contributed by atoms with Gasteiger partial charge in [-0.25, -0.2) is 0 Å². The van der Waals surface area contributed by atoms with E-state index < -0.39 is 0 Å². The maximum Gasteiger partial charge on any atom is 0.208 e. The molecular weight excluding hydrogens is 264 g/mol. The van der Waals surface area contributed by atoms with Crippen molar-refractivity contribution in [2.75, 3.05) is 24.7 Å². The minimum absolute atomic E-state index is 0.671. The molecule has 2 N–H and O–H groups in total. The lowest BCUT2D eigenvalue weighted by atomic mass is 10.5. The highest BCUT2D eigenvalue weighted by molar-refractivity contribution is 8.00. The first kappa shape index (κ1) is 11.6. The summed E-state index contributed by atoms with van der Waals surface area (Å²) in [6.07, 6.45) is 0. The van der Waals surface area contributed by atoms with E-state index in [4.69, 9.17) is 5.73 Å². The van der Waals surface area contributed by atoms with Gasteiger partial charge in [0.05, 0.1) is 0 Å². The third-order valence-corrected chi connectivity index (χ3v) is 4.53. The van der Waals surface area contributed by atoms with Crippen LogP contribution in [0.15, 0.2) is 4.34 Å². The summed E-state index contributed by atoms with van der Waals surface area (Å²) in [6.45, 7) is 0. The van der Waals surface area contributed by atoms with Gasteiger partial charge in [-0.2, -0.15) is 0 Å². The molecule has 0 aromatic carbocycles. The Bertz CT molecular complexity index is 464. The minimum atomic E-state index is 0.671. The van der Waals surface area contributed by atoms with Crippen molar-refractivity contribution in [1.82, 2.24) is 19.8 Å². The smallest absolute Gasteiger partial charge is 0.208 e. The molecule has 0 atom stereocenters. The maximum atomic E-state index is 5.70. The minimum Gasteiger partial charge on any atom is -0.388 e. The average Bonchev–Trinajstić information content (AvgIpc) is 2.83. The van der Waals surface area contributed by atoms with Crippen LogP contribution in [0.1, 0.15) is 5.69 Å². The Balaban J connectivity index is 1.97. The lowest BCUT2D eigenvalue weighted by Gasteiger charge is -2.03. The summed E-state index contributed by atoms with van der Waals surface area (Å²) in [7, 11) is 3.88. The highest BCUT2D eigenvalue weighted by atomic mass is 32.2. The van der Waals surface area contributed by atoms with Crippen molar-refractivity contribution in [1.29, 1.82) is 0 Å². The Morgan fingerprint density at radius 1 is 1.31 bits per heavy atom. The van der Waals surface area contributed by atoms with Gasteiger partial charge in [0.15, 0.2) is 4.34 Å². The van der Waals surface area contributed by atoms with Gasteiger partial charge in [0.25, 0.3) is 0 Å². The molecule has 9 heteroatoms. The number of thioether (sulfide) groups is 1. The van der Waals surface area contributed by atoms with Crippen LogP contribution in [0.5, 0.6) is 0 Å². The molecule has 0 aliphatic carbocycles. The van der Waals surface area contributed by atoms with Gasteiger partial charge < -0.3 is 10.6 Å². The molecule has 0 saturated carbocycles. The maximum absolute atomic E-state index is 5.70. The molecule has 0 unspecified atom stereocenters. The zero-order valence-electron chi connectivity index (χ0n) is 8.75. The molecule has 6 nitrogen and oxygen atoms in total. The van der Waals surface area contributed by atoms with Crippen LogP contribution in [-0.4, -0.2) is 33.9 Å². The molecule has 0 bridgehead atoms. The summed E-state index contributed by atoms with van der Waals surface area (Å²) in [4.78, 5) is 1.93. The van der Waals surface area contributed by atoms with Crippen LogP contribution in [0.2, 0.25) is 0 Å². The van der Waals surface area contributed by atoms with E-state index in [9.17, 15) is 0 Å². The lowest BCUT2D eigenvalue weighted by molar-refractivity contribution is 0.971. The number of hydrogen-bond donors (Lipinski definition) is 1. The predicted molar refractivity (Wildman–Crippen MR) is 68.1 cm³/mol. The van der Waals surface area contributed by atoms with E-state index in [-0.39, 0.29) is 0 Å². The van der Waals surface area contributed by atoms with E-state index in [0.29, 0.717) is 10.8 Å². The van der Waals surface area contributed by atoms with Crippen LogP contribution < -0.4 is 10.6 Å². The lowest BCUT2D eigenvalue weighted by Crippen LogP contribution is -2.07. The predicted octanol–water partition coefficient (Wildman–Crippen LogP) is 1.33. The Labute approximate surface area is 105 Å². The zero-order valence-corrected chi connectivity index (χ0v) is 11.2. The molecular formula is C7H10N6S3. The highest BCUT2D eigenvalue weighted by Crippen LogP contribution is 2.30. The van der Waals surface area contributed by atoms with Gasteiger partial charge in [0.1, 0.15) is 10.7 Å². The number of hydrogen-bond acceptors (Lipinski definition) is 9. The van der Waals surface area contributed by atoms with E-state index in [0.717, 1.165) is 15.2 Å². The van der Waals surface area contributed by atoms with Gasteiger partial charge >= 0.3 is 0 Å². The van der Waals surface area contributed by atoms with Gasteiger partial charge in [0.2, 0.25) is 5.13 Å². The topological polar surface area (TPSA) is 80.8 Å². The van der Waals surface area contributed by atoms with Crippen LogP contribution in [0.25, 0.3) is 0 Å². The van der Waals surface area contributed by atoms with E-state index in [1.54, 1.807) is 23.1 Å². The van der Waals surface area contributed by atoms with E-state index >= 15 is 0 Å². The van der Waals surface area contributed by atoms with E-state index in [1.165, 1.54) is 11.5 Å². The first-order valence-electron chi connectivity index (χ1n) is 4.37. The van der Waals surface area contributed by atoms with Crippen LogP contribution in [0, 0.1) is 0 Å². The Hall–Kier alpha value is -0.930. The monoisotopic (exact) mass is 274 g/mol. The summed E-state index contributed by atoms with van der Waals surface area (Å²) in [5, 5.41) is 13.6. The summed E-state index contributed by atoms with van der Waals surface area (Å²) < 4.78 is 4.69. The summed E-state index contributed by atoms with van der Waals surface area (Å²) in [5.41, 5.74) is 6.51. The average molecular weight is 274 g/mol. The highest BCUT2D eigenvalue weighted by Gasteiger charge is 2.09. The summed E-state index contributed by atoms with van der Waals surface area (Å²) in [6, 6.07) is 0. The van der Waals surface area contributed by atoms with Crippen molar-refractivity contribution >= 4 is 44.8 Å². The number of aromatic nitrogens is 4. The molecule has 2 rings (SSSR count). The van der Waals surface area contributed by atoms with Crippen molar-refractivity contribution in [2.45, 2.75) is 10.1 Å². The molecule has 2 aromatic heterocycles.